The van der Waals surface area contributed by atoms with E-state index in [0.29, 0.717) is 12.8 Å². The molecule has 0 spiro atoms. The highest BCUT2D eigenvalue weighted by atomic mass is 32.3. The number of hydrogen-bond acceptors (Lipinski definition) is 6. The maximum atomic E-state index is 11.9. The van der Waals surface area contributed by atoms with Crippen molar-refractivity contribution in [3.05, 3.63) is 0 Å². The predicted octanol–water partition coefficient (Wildman–Crippen LogP) is -0.407. The molecule has 0 N–H and O–H groups in total. The van der Waals surface area contributed by atoms with Crippen molar-refractivity contribution in [1.29, 1.82) is 0 Å². The van der Waals surface area contributed by atoms with Gasteiger partial charge in [0.1, 0.15) is 0 Å². The Kier molecular flexibility index (Phi) is 5.34. The molecule has 1 aliphatic rings. The molecule has 1 aliphatic heterocycles. The van der Waals surface area contributed by atoms with Crippen molar-refractivity contribution < 1.29 is 26.4 Å². The van der Waals surface area contributed by atoms with Crippen molar-refractivity contribution in [1.82, 2.24) is 4.31 Å². The lowest BCUT2D eigenvalue weighted by atomic mass is 10.0. The van der Waals surface area contributed by atoms with Crippen LogP contribution in [0.15, 0.2) is 0 Å². The number of hydrogen-bond donors (Lipinski definition) is 0. The summed E-state index contributed by atoms with van der Waals surface area (Å²) in [6, 6.07) is 0. The van der Waals surface area contributed by atoms with Gasteiger partial charge >= 0.3 is 5.97 Å². The maximum absolute atomic E-state index is 11.9. The van der Waals surface area contributed by atoms with Crippen LogP contribution in [0.1, 0.15) is 19.8 Å². The Balaban J connectivity index is 2.77. The second-order valence-corrected chi connectivity index (χ2v) is 9.08. The van der Waals surface area contributed by atoms with Gasteiger partial charge in [0.2, 0.25) is 10.0 Å². The van der Waals surface area contributed by atoms with Crippen molar-refractivity contribution in [2.75, 3.05) is 31.0 Å². The normalized spacial score (nSPS) is 22.1. The van der Waals surface area contributed by atoms with E-state index in [0.717, 1.165) is 10.6 Å². The van der Waals surface area contributed by atoms with Gasteiger partial charge in [-0.3, -0.25) is 4.79 Å². The molecule has 1 heterocycles. The number of ether oxygens (including phenoxy) is 1. The Morgan fingerprint density at radius 3 is 2.47 bits per heavy atom. The molecule has 1 saturated heterocycles. The zero-order valence-corrected chi connectivity index (χ0v) is 12.7. The van der Waals surface area contributed by atoms with Crippen molar-refractivity contribution in [2.45, 2.75) is 19.8 Å². The van der Waals surface area contributed by atoms with Gasteiger partial charge in [-0.1, -0.05) is 0 Å². The van der Waals surface area contributed by atoms with Crippen LogP contribution < -0.4 is 0 Å². The first kappa shape index (κ1) is 16.4. The Hall–Kier alpha value is -0.670. The van der Waals surface area contributed by atoms with E-state index in [9.17, 15) is 21.6 Å². The molecule has 0 radical (unpaired) electrons. The molecule has 7 nitrogen and oxygen atoms in total. The number of sulfonamides is 1. The van der Waals surface area contributed by atoms with Crippen LogP contribution in [0.5, 0.6) is 0 Å². The summed E-state index contributed by atoms with van der Waals surface area (Å²) in [6.07, 6.45) is 1.95. The largest absolute Gasteiger partial charge is 0.466 e. The van der Waals surface area contributed by atoms with Gasteiger partial charge in [0.15, 0.2) is 14.9 Å². The third-order valence-electron chi connectivity index (χ3n) is 2.76. The van der Waals surface area contributed by atoms with Gasteiger partial charge in [-0.05, 0) is 19.8 Å². The van der Waals surface area contributed by atoms with Crippen LogP contribution in [0.25, 0.3) is 0 Å². The van der Waals surface area contributed by atoms with Gasteiger partial charge in [0.05, 0.1) is 12.5 Å². The second kappa shape index (κ2) is 6.19. The first-order valence-electron chi connectivity index (χ1n) is 5.98. The van der Waals surface area contributed by atoms with Crippen molar-refractivity contribution in [2.24, 2.45) is 5.92 Å². The molecule has 9 heteroatoms. The monoisotopic (exact) mass is 313 g/mol. The Morgan fingerprint density at radius 1 is 1.32 bits per heavy atom. The highest BCUT2D eigenvalue weighted by Gasteiger charge is 2.34. The zero-order chi connectivity index (χ0) is 14.7. The second-order valence-electron chi connectivity index (χ2n) is 4.60. The standard InChI is InChI=1S/C10H19NO6S2/c1-3-17-10(12)9-5-4-6-11(7-9)19(15,16)8-18(2,13)14/h9H,3-8H2,1-2H3/t9-/m1/s1. The molecular weight excluding hydrogens is 294 g/mol. The minimum absolute atomic E-state index is 0.00329. The molecule has 0 amide bonds. The van der Waals surface area contributed by atoms with Gasteiger partial charge in [-0.2, -0.15) is 0 Å². The van der Waals surface area contributed by atoms with Crippen LogP contribution in [-0.4, -0.2) is 58.1 Å². The Labute approximate surface area is 113 Å². The third-order valence-corrected chi connectivity index (χ3v) is 6.78. The third kappa shape index (κ3) is 5.07. The Morgan fingerprint density at radius 2 is 1.95 bits per heavy atom. The molecule has 0 unspecified atom stereocenters. The number of rotatable bonds is 5. The SMILES string of the molecule is CCOC(=O)[C@@H]1CCCN(S(=O)(=O)CS(C)(=O)=O)C1. The van der Waals surface area contributed by atoms with E-state index in [-0.39, 0.29) is 19.7 Å². The van der Waals surface area contributed by atoms with E-state index < -0.39 is 36.8 Å². The summed E-state index contributed by atoms with van der Waals surface area (Å²) in [7, 11) is -7.51. The molecule has 19 heavy (non-hydrogen) atoms. The average Bonchev–Trinajstić information content (AvgIpc) is 2.26. The number of carbonyl (C=O) groups is 1. The molecule has 0 saturated carbocycles. The van der Waals surface area contributed by atoms with E-state index in [1.807, 2.05) is 0 Å². The molecule has 0 aliphatic carbocycles. The summed E-state index contributed by atoms with van der Waals surface area (Å²) in [5, 5.41) is -0.921. The van der Waals surface area contributed by atoms with Crippen LogP contribution >= 0.6 is 0 Å². The molecule has 0 aromatic carbocycles. The van der Waals surface area contributed by atoms with Crippen LogP contribution in [0.2, 0.25) is 0 Å². The summed E-state index contributed by atoms with van der Waals surface area (Å²) < 4.78 is 52.0. The highest BCUT2D eigenvalue weighted by Crippen LogP contribution is 2.21. The van der Waals surface area contributed by atoms with E-state index in [1.165, 1.54) is 0 Å². The molecule has 0 aromatic heterocycles. The summed E-state index contributed by atoms with van der Waals surface area (Å²) in [5.41, 5.74) is 0. The molecule has 0 bridgehead atoms. The summed E-state index contributed by atoms with van der Waals surface area (Å²) >= 11 is 0. The summed E-state index contributed by atoms with van der Waals surface area (Å²) in [4.78, 5) is 11.6. The van der Waals surface area contributed by atoms with E-state index in [2.05, 4.69) is 0 Å². The van der Waals surface area contributed by atoms with Gasteiger partial charge in [0.25, 0.3) is 0 Å². The number of sulfone groups is 1. The molecule has 112 valence electrons. The molecular formula is C10H19NO6S2. The van der Waals surface area contributed by atoms with Gasteiger partial charge in [0, 0.05) is 19.3 Å². The lowest BCUT2D eigenvalue weighted by Crippen LogP contribution is -2.44. The number of carbonyl (C=O) groups excluding carboxylic acids is 1. The predicted molar refractivity (Wildman–Crippen MR) is 69.6 cm³/mol. The van der Waals surface area contributed by atoms with Crippen LogP contribution in [0, 0.1) is 5.92 Å². The van der Waals surface area contributed by atoms with Crippen molar-refractivity contribution in [3.63, 3.8) is 0 Å². The van der Waals surface area contributed by atoms with E-state index >= 15 is 0 Å². The maximum Gasteiger partial charge on any atom is 0.310 e. The quantitative estimate of drug-likeness (QED) is 0.640. The van der Waals surface area contributed by atoms with Crippen molar-refractivity contribution >= 4 is 25.8 Å². The van der Waals surface area contributed by atoms with Crippen LogP contribution in [0.3, 0.4) is 0 Å². The fourth-order valence-electron chi connectivity index (χ4n) is 1.99. The number of esters is 1. The lowest BCUT2D eigenvalue weighted by Gasteiger charge is -2.30. The number of nitrogens with zero attached hydrogens (tertiary/aromatic N) is 1. The zero-order valence-electron chi connectivity index (χ0n) is 11.0. The Bertz CT molecular complexity index is 524. The fourth-order valence-corrected chi connectivity index (χ4v) is 5.57. The van der Waals surface area contributed by atoms with Gasteiger partial charge < -0.3 is 4.74 Å². The highest BCUT2D eigenvalue weighted by molar-refractivity contribution is 8.06. The average molecular weight is 313 g/mol. The minimum Gasteiger partial charge on any atom is -0.466 e. The van der Waals surface area contributed by atoms with Gasteiger partial charge in [-0.25, -0.2) is 21.1 Å². The number of piperidine rings is 1. The molecule has 1 rings (SSSR count). The van der Waals surface area contributed by atoms with Crippen molar-refractivity contribution in [3.8, 4) is 0 Å². The summed E-state index contributed by atoms with van der Waals surface area (Å²) in [5.74, 6) is -0.940. The van der Waals surface area contributed by atoms with E-state index in [4.69, 9.17) is 4.74 Å². The molecule has 1 atom stereocenters. The first-order chi connectivity index (χ1) is 8.65. The first-order valence-corrected chi connectivity index (χ1v) is 9.65. The van der Waals surface area contributed by atoms with E-state index in [1.54, 1.807) is 6.92 Å². The van der Waals surface area contributed by atoms with Crippen LogP contribution in [-0.2, 0) is 29.4 Å². The fraction of sp³-hybridized carbons (Fsp3) is 0.900. The smallest absolute Gasteiger partial charge is 0.310 e. The summed E-state index contributed by atoms with van der Waals surface area (Å²) in [6.45, 7) is 2.16. The molecule has 0 aromatic rings. The molecule has 1 fully saturated rings. The lowest BCUT2D eigenvalue weighted by molar-refractivity contribution is -0.149. The van der Waals surface area contributed by atoms with Crippen LogP contribution in [0.4, 0.5) is 0 Å². The minimum atomic E-state index is -3.88. The topological polar surface area (TPSA) is 97.8 Å². The van der Waals surface area contributed by atoms with Gasteiger partial charge in [-0.15, -0.1) is 0 Å².